The Morgan fingerprint density at radius 3 is 2.30 bits per heavy atom. The number of ether oxygens (including phenoxy) is 2. The number of halogens is 2. The summed E-state index contributed by atoms with van der Waals surface area (Å²) in [5.41, 5.74) is 1.71. The molecule has 1 N–H and O–H groups in total. The van der Waals surface area contributed by atoms with Gasteiger partial charge in [-0.1, -0.05) is 23.7 Å². The summed E-state index contributed by atoms with van der Waals surface area (Å²) in [5.74, 6) is 0.933. The first-order valence-corrected chi connectivity index (χ1v) is 6.41. The van der Waals surface area contributed by atoms with Gasteiger partial charge in [-0.15, -0.1) is 0 Å². The highest BCUT2D eigenvalue weighted by molar-refractivity contribution is 6.32. The highest BCUT2D eigenvalue weighted by atomic mass is 35.5. The zero-order valence-corrected chi connectivity index (χ0v) is 12.0. The normalized spacial score (nSPS) is 10.2. The number of hydrogen-bond donors (Lipinski definition) is 1. The second-order valence-corrected chi connectivity index (χ2v) is 4.57. The van der Waals surface area contributed by atoms with Crippen LogP contribution in [0.2, 0.25) is 5.02 Å². The maximum atomic E-state index is 12.8. The van der Waals surface area contributed by atoms with Gasteiger partial charge in [0.15, 0.2) is 0 Å². The lowest BCUT2D eigenvalue weighted by Gasteiger charge is -2.14. The molecule has 2 aromatic rings. The summed E-state index contributed by atoms with van der Waals surface area (Å²) in [5, 5.41) is 3.70. The van der Waals surface area contributed by atoms with Gasteiger partial charge in [-0.3, -0.25) is 0 Å². The highest BCUT2D eigenvalue weighted by Gasteiger charge is 2.09. The Balaban J connectivity index is 2.16. The maximum absolute atomic E-state index is 12.8. The smallest absolute Gasteiger partial charge is 0.145 e. The quantitative estimate of drug-likeness (QED) is 0.900. The van der Waals surface area contributed by atoms with Gasteiger partial charge in [0, 0.05) is 12.6 Å². The van der Waals surface area contributed by atoms with E-state index in [1.807, 2.05) is 0 Å². The summed E-state index contributed by atoms with van der Waals surface area (Å²) < 4.78 is 23.3. The predicted molar refractivity (Wildman–Crippen MR) is 78.3 cm³/mol. The summed E-state index contributed by atoms with van der Waals surface area (Å²) >= 11 is 6.09. The molecule has 0 saturated carbocycles. The van der Waals surface area contributed by atoms with Crippen LogP contribution in [0, 0.1) is 5.82 Å². The molecule has 3 nitrogen and oxygen atoms in total. The zero-order chi connectivity index (χ0) is 14.5. The number of anilines is 1. The molecule has 0 heterocycles. The molecule has 2 aromatic carbocycles. The second-order valence-electron chi connectivity index (χ2n) is 4.17. The first kappa shape index (κ1) is 14.5. The van der Waals surface area contributed by atoms with Crippen LogP contribution in [0.5, 0.6) is 11.5 Å². The molecule has 5 heteroatoms. The van der Waals surface area contributed by atoms with E-state index < -0.39 is 0 Å². The fraction of sp³-hybridized carbons (Fsp3) is 0.200. The van der Waals surface area contributed by atoms with Gasteiger partial charge in [0.2, 0.25) is 0 Å². The molecule has 0 aliphatic rings. The van der Waals surface area contributed by atoms with E-state index in [9.17, 15) is 4.39 Å². The van der Waals surface area contributed by atoms with Crippen molar-refractivity contribution in [1.29, 1.82) is 0 Å². The minimum atomic E-state index is -0.251. The van der Waals surface area contributed by atoms with E-state index in [2.05, 4.69) is 5.32 Å². The summed E-state index contributed by atoms with van der Waals surface area (Å²) in [4.78, 5) is 0. The van der Waals surface area contributed by atoms with E-state index in [-0.39, 0.29) is 5.82 Å². The molecule has 0 amide bonds. The largest absolute Gasteiger partial charge is 0.495 e. The third kappa shape index (κ3) is 3.33. The van der Waals surface area contributed by atoms with Crippen molar-refractivity contribution < 1.29 is 13.9 Å². The van der Waals surface area contributed by atoms with Gasteiger partial charge in [-0.05, 0) is 23.8 Å². The summed E-state index contributed by atoms with van der Waals surface area (Å²) in [6, 6.07) is 9.75. The predicted octanol–water partition coefficient (Wildman–Crippen LogP) is 4.11. The standard InChI is InChI=1S/C15H15ClFNO2/c1-19-14-8-15(20-2)13(7-12(14)16)18-9-10-3-5-11(17)6-4-10/h3-8,18H,9H2,1-2H3. The Morgan fingerprint density at radius 1 is 1.05 bits per heavy atom. The van der Waals surface area contributed by atoms with Gasteiger partial charge in [0.1, 0.15) is 17.3 Å². The van der Waals surface area contributed by atoms with Gasteiger partial charge < -0.3 is 14.8 Å². The second kappa shape index (κ2) is 6.48. The molecule has 2 rings (SSSR count). The molecular weight excluding hydrogens is 281 g/mol. The van der Waals surface area contributed by atoms with Crippen LogP contribution in [-0.2, 0) is 6.54 Å². The van der Waals surface area contributed by atoms with E-state index in [4.69, 9.17) is 21.1 Å². The average Bonchev–Trinajstić information content (AvgIpc) is 2.46. The van der Waals surface area contributed by atoms with Gasteiger partial charge in [-0.2, -0.15) is 0 Å². The number of rotatable bonds is 5. The number of benzene rings is 2. The summed E-state index contributed by atoms with van der Waals surface area (Å²) in [6.45, 7) is 0.541. The topological polar surface area (TPSA) is 30.5 Å². The molecule has 0 atom stereocenters. The Hall–Kier alpha value is -1.94. The minimum absolute atomic E-state index is 0.251. The van der Waals surface area contributed by atoms with Crippen molar-refractivity contribution in [3.63, 3.8) is 0 Å². The van der Waals surface area contributed by atoms with Gasteiger partial charge in [0.05, 0.1) is 24.9 Å². The molecule has 0 fully saturated rings. The van der Waals surface area contributed by atoms with Crippen molar-refractivity contribution in [2.45, 2.75) is 6.54 Å². The van der Waals surface area contributed by atoms with Crippen LogP contribution in [-0.4, -0.2) is 14.2 Å². The lowest BCUT2D eigenvalue weighted by molar-refractivity contribution is 0.395. The van der Waals surface area contributed by atoms with Crippen LogP contribution in [0.4, 0.5) is 10.1 Å². The number of nitrogens with one attached hydrogen (secondary N) is 1. The minimum Gasteiger partial charge on any atom is -0.495 e. The number of methoxy groups -OCH3 is 2. The van der Waals surface area contributed by atoms with Crippen LogP contribution in [0.15, 0.2) is 36.4 Å². The Kier molecular flexibility index (Phi) is 4.69. The van der Waals surface area contributed by atoms with E-state index >= 15 is 0 Å². The van der Waals surface area contributed by atoms with E-state index in [0.717, 1.165) is 11.3 Å². The van der Waals surface area contributed by atoms with Crippen LogP contribution >= 0.6 is 11.6 Å². The van der Waals surface area contributed by atoms with Crippen LogP contribution < -0.4 is 14.8 Å². The van der Waals surface area contributed by atoms with Crippen LogP contribution in [0.25, 0.3) is 0 Å². The molecule has 0 spiro atoms. The van der Waals surface area contributed by atoms with Crippen molar-refractivity contribution in [2.75, 3.05) is 19.5 Å². The Labute approximate surface area is 122 Å². The van der Waals surface area contributed by atoms with E-state index in [1.165, 1.54) is 12.1 Å². The molecule has 0 aromatic heterocycles. The molecule has 0 bridgehead atoms. The lowest BCUT2D eigenvalue weighted by Crippen LogP contribution is -2.02. The highest BCUT2D eigenvalue weighted by Crippen LogP contribution is 2.36. The monoisotopic (exact) mass is 295 g/mol. The Bertz CT molecular complexity index is 587. The van der Waals surface area contributed by atoms with Crippen molar-refractivity contribution in [1.82, 2.24) is 0 Å². The Morgan fingerprint density at radius 2 is 1.70 bits per heavy atom. The third-order valence-electron chi connectivity index (χ3n) is 2.87. The van der Waals surface area contributed by atoms with Crippen molar-refractivity contribution >= 4 is 17.3 Å². The van der Waals surface area contributed by atoms with Crippen LogP contribution in [0.3, 0.4) is 0 Å². The van der Waals surface area contributed by atoms with Crippen molar-refractivity contribution in [2.24, 2.45) is 0 Å². The first-order chi connectivity index (χ1) is 9.63. The fourth-order valence-corrected chi connectivity index (χ4v) is 2.04. The molecule has 0 radical (unpaired) electrons. The average molecular weight is 296 g/mol. The van der Waals surface area contributed by atoms with Crippen molar-refractivity contribution in [3.05, 3.63) is 52.8 Å². The number of hydrogen-bond acceptors (Lipinski definition) is 3. The SMILES string of the molecule is COc1cc(OC)c(NCc2ccc(F)cc2)cc1Cl. The van der Waals surface area contributed by atoms with Gasteiger partial charge in [0.25, 0.3) is 0 Å². The van der Waals surface area contributed by atoms with Gasteiger partial charge >= 0.3 is 0 Å². The molecule has 0 aliphatic carbocycles. The maximum Gasteiger partial charge on any atom is 0.145 e. The van der Waals surface area contributed by atoms with Gasteiger partial charge in [-0.25, -0.2) is 4.39 Å². The lowest BCUT2D eigenvalue weighted by atomic mass is 10.2. The zero-order valence-electron chi connectivity index (χ0n) is 11.2. The van der Waals surface area contributed by atoms with Crippen LogP contribution in [0.1, 0.15) is 5.56 Å². The molecule has 0 saturated heterocycles. The molecule has 0 unspecified atom stereocenters. The molecule has 106 valence electrons. The van der Waals surface area contributed by atoms with E-state index in [1.54, 1.807) is 38.5 Å². The third-order valence-corrected chi connectivity index (χ3v) is 3.17. The first-order valence-electron chi connectivity index (χ1n) is 6.04. The molecular formula is C15H15ClFNO2. The molecule has 0 aliphatic heterocycles. The summed E-state index contributed by atoms with van der Waals surface area (Å²) in [7, 11) is 3.12. The summed E-state index contributed by atoms with van der Waals surface area (Å²) in [6.07, 6.45) is 0. The molecule has 20 heavy (non-hydrogen) atoms. The van der Waals surface area contributed by atoms with Crippen molar-refractivity contribution in [3.8, 4) is 11.5 Å². The fourth-order valence-electron chi connectivity index (χ4n) is 1.80. The van der Waals surface area contributed by atoms with E-state index in [0.29, 0.717) is 23.1 Å².